The summed E-state index contributed by atoms with van der Waals surface area (Å²) in [7, 11) is -1.84. The van der Waals surface area contributed by atoms with Gasteiger partial charge in [-0.1, -0.05) is 187 Å². The summed E-state index contributed by atoms with van der Waals surface area (Å²) in [6.45, 7) is 0. The maximum Gasteiger partial charge on any atom is 0.530 e. The van der Waals surface area contributed by atoms with Gasteiger partial charge < -0.3 is 13.6 Å². The molecule has 9 rings (SSSR count). The van der Waals surface area contributed by atoms with Crippen molar-refractivity contribution < 1.29 is 13.6 Å². The van der Waals surface area contributed by atoms with E-state index in [4.69, 9.17) is 13.6 Å². The molecule has 0 saturated carbocycles. The maximum atomic E-state index is 6.69. The van der Waals surface area contributed by atoms with E-state index in [1.165, 1.54) is 221 Å². The lowest BCUT2D eigenvalue weighted by molar-refractivity contribution is 0.388. The monoisotopic (exact) mass is 911 g/mol. The third-order valence-corrected chi connectivity index (χ3v) is 15.9. The first-order chi connectivity index (χ1) is 33.2. The number of aryl methyl sites for hydroxylation is 6. The second-order valence-corrected chi connectivity index (χ2v) is 21.0. The average molecular weight is 911 g/mol. The summed E-state index contributed by atoms with van der Waals surface area (Å²) < 4.78 is 20.1. The Morgan fingerprint density at radius 1 is 0.239 bits per heavy atom. The van der Waals surface area contributed by atoms with Gasteiger partial charge in [0.15, 0.2) is 0 Å². The summed E-state index contributed by atoms with van der Waals surface area (Å²) in [5.41, 5.74) is 16.5. The molecule has 0 atom stereocenters. The molecule has 0 spiro atoms. The summed E-state index contributed by atoms with van der Waals surface area (Å²) in [4.78, 5) is 0. The lowest BCUT2D eigenvalue weighted by Gasteiger charge is -2.19. The van der Waals surface area contributed by atoms with E-state index in [0.29, 0.717) is 0 Å². The van der Waals surface area contributed by atoms with Crippen molar-refractivity contribution in [2.45, 2.75) is 173 Å². The zero-order valence-electron chi connectivity index (χ0n) is 40.4. The van der Waals surface area contributed by atoms with Crippen LogP contribution in [-0.2, 0) is 38.5 Å². The molecule has 67 heavy (non-hydrogen) atoms. The van der Waals surface area contributed by atoms with Gasteiger partial charge in [-0.25, -0.2) is 0 Å². The molecule has 3 aliphatic carbocycles. The van der Waals surface area contributed by atoms with Gasteiger partial charge in [0.05, 0.1) is 0 Å². The topological polar surface area (TPSA) is 27.7 Å². The zero-order valence-corrected chi connectivity index (χ0v) is 41.3. The molecular weight excluding hydrogens is 836 g/mol. The SMILES string of the molecule is c1cc(-c2ccc(OP(Oc3ccc(-c4ccc5cc4CCCCCCCCC5)cc3)Oc3ccc(-c4ccc5cc4CCCCCCCCC5)cc3)cc2)c2cc1CCCCCCCCC2. The largest absolute Gasteiger partial charge is 0.530 e. The van der Waals surface area contributed by atoms with Gasteiger partial charge in [-0.2, -0.15) is 0 Å². The number of fused-ring (bicyclic) bond motifs is 6. The Bertz CT molecular complexity index is 2160. The van der Waals surface area contributed by atoms with Crippen LogP contribution in [-0.4, -0.2) is 0 Å². The highest BCUT2D eigenvalue weighted by molar-refractivity contribution is 7.43. The first kappa shape index (κ1) is 47.2. The van der Waals surface area contributed by atoms with Crippen LogP contribution in [0.1, 0.15) is 168 Å². The van der Waals surface area contributed by atoms with E-state index >= 15 is 0 Å². The normalized spacial score (nSPS) is 17.0. The van der Waals surface area contributed by atoms with Gasteiger partial charge in [0.1, 0.15) is 17.2 Å². The van der Waals surface area contributed by atoms with Crippen molar-refractivity contribution in [3.63, 3.8) is 0 Å². The first-order valence-electron chi connectivity index (χ1n) is 26.7. The van der Waals surface area contributed by atoms with Crippen LogP contribution in [0, 0.1) is 0 Å². The molecule has 6 bridgehead atoms. The van der Waals surface area contributed by atoms with Crippen molar-refractivity contribution in [1.29, 1.82) is 0 Å². The molecule has 0 heterocycles. The Labute approximate surface area is 405 Å². The highest BCUT2D eigenvalue weighted by Crippen LogP contribution is 2.44. The molecule has 3 aliphatic rings. The lowest BCUT2D eigenvalue weighted by atomic mass is 9.91. The molecule has 6 aromatic carbocycles. The predicted molar refractivity (Wildman–Crippen MR) is 284 cm³/mol. The molecule has 350 valence electrons. The fourth-order valence-corrected chi connectivity index (χ4v) is 11.9. The average Bonchev–Trinajstić information content (AvgIpc) is 3.34. The number of hydrogen-bond donors (Lipinski definition) is 0. The van der Waals surface area contributed by atoms with Crippen LogP contribution in [0.15, 0.2) is 127 Å². The van der Waals surface area contributed by atoms with Crippen LogP contribution in [0.2, 0.25) is 0 Å². The Morgan fingerprint density at radius 3 is 0.746 bits per heavy atom. The Balaban J connectivity index is 0.948. The third kappa shape index (κ3) is 13.9. The minimum atomic E-state index is -1.84. The van der Waals surface area contributed by atoms with Crippen LogP contribution >= 0.6 is 8.60 Å². The van der Waals surface area contributed by atoms with Gasteiger partial charge in [0, 0.05) is 0 Å². The minimum absolute atomic E-state index is 0.734. The van der Waals surface area contributed by atoms with Crippen molar-refractivity contribution in [3.05, 3.63) is 161 Å². The van der Waals surface area contributed by atoms with Crippen molar-refractivity contribution in [2.75, 3.05) is 0 Å². The molecule has 0 saturated heterocycles. The summed E-state index contributed by atoms with van der Waals surface area (Å²) in [5, 5.41) is 0. The minimum Gasteiger partial charge on any atom is -0.409 e. The van der Waals surface area contributed by atoms with E-state index in [-0.39, 0.29) is 0 Å². The van der Waals surface area contributed by atoms with Gasteiger partial charge in [-0.3, -0.25) is 0 Å². The first-order valence-corrected chi connectivity index (χ1v) is 27.8. The lowest BCUT2D eigenvalue weighted by Crippen LogP contribution is -2.03. The Hall–Kier alpha value is -4.85. The van der Waals surface area contributed by atoms with E-state index in [1.807, 2.05) is 0 Å². The Morgan fingerprint density at radius 2 is 0.478 bits per heavy atom. The van der Waals surface area contributed by atoms with Crippen LogP contribution in [0.4, 0.5) is 0 Å². The third-order valence-electron chi connectivity index (χ3n) is 14.8. The van der Waals surface area contributed by atoms with E-state index in [1.54, 1.807) is 0 Å². The molecule has 3 nitrogen and oxygen atoms in total. The van der Waals surface area contributed by atoms with E-state index in [2.05, 4.69) is 127 Å². The summed E-state index contributed by atoms with van der Waals surface area (Å²) >= 11 is 0. The highest BCUT2D eigenvalue weighted by Gasteiger charge is 2.21. The van der Waals surface area contributed by atoms with Crippen LogP contribution < -0.4 is 13.6 Å². The molecule has 4 heteroatoms. The fourth-order valence-electron chi connectivity index (χ4n) is 10.9. The summed E-state index contributed by atoms with van der Waals surface area (Å²) in [5.74, 6) is 2.20. The number of benzene rings is 6. The van der Waals surface area contributed by atoms with Gasteiger partial charge >= 0.3 is 8.60 Å². The standard InChI is InChI=1S/C63H75O3P/c1-4-10-16-22-49-28-43-61(55(46-49)25-19-13-7-1)52-31-37-58(38-32-52)64-67(65-59-39-33-53(34-40-59)62-44-29-50-23-17-11-5-2-8-14-20-26-56(62)47-50)66-60-41-35-54(36-42-60)63-45-30-51-24-18-12-6-3-9-15-21-27-57(63)48-51/h28-48H,1-27H2. The second-order valence-electron chi connectivity index (χ2n) is 20.0. The molecular formula is C63H75O3P. The molecule has 0 aliphatic heterocycles. The predicted octanol–water partition coefficient (Wildman–Crippen LogP) is 18.9. The smallest absolute Gasteiger partial charge is 0.409 e. The van der Waals surface area contributed by atoms with Crippen molar-refractivity contribution in [1.82, 2.24) is 0 Å². The summed E-state index contributed by atoms with van der Waals surface area (Å²) in [6.07, 6.45) is 34.8. The molecule has 0 amide bonds. The van der Waals surface area contributed by atoms with Gasteiger partial charge in [0.25, 0.3) is 0 Å². The van der Waals surface area contributed by atoms with E-state index < -0.39 is 8.60 Å². The maximum absolute atomic E-state index is 6.69. The molecule has 0 radical (unpaired) electrons. The van der Waals surface area contributed by atoms with Gasteiger partial charge in [-0.15, -0.1) is 0 Å². The summed E-state index contributed by atoms with van der Waals surface area (Å²) in [6, 6.07) is 47.3. The number of rotatable bonds is 9. The van der Waals surface area contributed by atoms with Gasteiger partial charge in [-0.05, 0) is 180 Å². The molecule has 0 fully saturated rings. The Kier molecular flexibility index (Phi) is 17.6. The highest BCUT2D eigenvalue weighted by atomic mass is 31.2. The van der Waals surface area contributed by atoms with Crippen LogP contribution in [0.5, 0.6) is 17.2 Å². The molecule has 6 aromatic rings. The molecule has 0 unspecified atom stereocenters. The van der Waals surface area contributed by atoms with Gasteiger partial charge in [0.2, 0.25) is 0 Å². The zero-order chi connectivity index (χ0) is 45.3. The quantitative estimate of drug-likeness (QED) is 0.135. The van der Waals surface area contributed by atoms with Crippen LogP contribution in [0.3, 0.4) is 0 Å². The van der Waals surface area contributed by atoms with Crippen molar-refractivity contribution in [2.24, 2.45) is 0 Å². The number of hydrogen-bond acceptors (Lipinski definition) is 3. The molecule has 0 aromatic heterocycles. The van der Waals surface area contributed by atoms with E-state index in [0.717, 1.165) is 36.5 Å². The molecule has 0 N–H and O–H groups in total. The van der Waals surface area contributed by atoms with E-state index in [9.17, 15) is 0 Å². The van der Waals surface area contributed by atoms with Crippen LogP contribution in [0.25, 0.3) is 33.4 Å². The van der Waals surface area contributed by atoms with Crippen molar-refractivity contribution >= 4 is 8.60 Å². The fraction of sp³-hybridized carbons (Fsp3) is 0.429. The second kappa shape index (κ2) is 25.0. The van der Waals surface area contributed by atoms with Crippen molar-refractivity contribution in [3.8, 4) is 50.6 Å².